The molecule has 7 heteroatoms. The minimum absolute atomic E-state index is 0.0175. The zero-order valence-electron chi connectivity index (χ0n) is 16.9. The van der Waals surface area contributed by atoms with E-state index in [1.807, 2.05) is 30.3 Å². The van der Waals surface area contributed by atoms with Gasteiger partial charge < -0.3 is 14.6 Å². The summed E-state index contributed by atoms with van der Waals surface area (Å²) in [4.78, 5) is 58.6. The van der Waals surface area contributed by atoms with Gasteiger partial charge in [0.15, 0.2) is 0 Å². The van der Waals surface area contributed by atoms with Gasteiger partial charge in [0, 0.05) is 37.5 Å². The fraction of sp³-hybridized carbons (Fsp3) is 0.500. The Morgan fingerprint density at radius 1 is 0.897 bits per heavy atom. The Morgan fingerprint density at radius 2 is 1.52 bits per heavy atom. The number of rotatable bonds is 14. The van der Waals surface area contributed by atoms with Crippen LogP contribution in [0.5, 0.6) is 0 Å². The normalized spacial score (nSPS) is 12.6. The molecule has 0 spiro atoms. The molecular weight excluding hydrogens is 376 g/mol. The SMILES string of the molecule is CC(=O)CC(CCC(=O)OCc1ccccc1)C(=O)CC(CCC(=O)O)C(C)=O. The third kappa shape index (κ3) is 10.3. The molecule has 1 rings (SSSR count). The summed E-state index contributed by atoms with van der Waals surface area (Å²) in [7, 11) is 0. The average molecular weight is 404 g/mol. The van der Waals surface area contributed by atoms with E-state index in [9.17, 15) is 24.0 Å². The minimum Gasteiger partial charge on any atom is -0.481 e. The minimum atomic E-state index is -1.04. The second kappa shape index (κ2) is 12.6. The molecule has 2 atom stereocenters. The summed E-state index contributed by atoms with van der Waals surface area (Å²) in [6, 6.07) is 9.18. The van der Waals surface area contributed by atoms with Gasteiger partial charge in [0.25, 0.3) is 0 Å². The number of esters is 1. The first-order valence-electron chi connectivity index (χ1n) is 9.63. The molecular formula is C22H28O7. The van der Waals surface area contributed by atoms with Gasteiger partial charge in [0.05, 0.1) is 0 Å². The van der Waals surface area contributed by atoms with Crippen LogP contribution in [0.3, 0.4) is 0 Å². The van der Waals surface area contributed by atoms with Gasteiger partial charge in [-0.15, -0.1) is 0 Å². The lowest BCUT2D eigenvalue weighted by molar-refractivity contribution is -0.146. The van der Waals surface area contributed by atoms with Crippen LogP contribution < -0.4 is 0 Å². The molecule has 0 aliphatic heterocycles. The molecule has 1 aromatic rings. The fourth-order valence-corrected chi connectivity index (χ4v) is 2.98. The zero-order chi connectivity index (χ0) is 21.8. The van der Waals surface area contributed by atoms with Crippen LogP contribution in [-0.4, -0.2) is 34.4 Å². The second-order valence-corrected chi connectivity index (χ2v) is 7.20. The van der Waals surface area contributed by atoms with E-state index in [1.54, 1.807) is 0 Å². The van der Waals surface area contributed by atoms with E-state index < -0.39 is 23.8 Å². The van der Waals surface area contributed by atoms with Gasteiger partial charge in [-0.1, -0.05) is 30.3 Å². The van der Waals surface area contributed by atoms with E-state index in [4.69, 9.17) is 9.84 Å². The molecule has 0 fully saturated rings. The predicted molar refractivity (Wildman–Crippen MR) is 105 cm³/mol. The largest absolute Gasteiger partial charge is 0.481 e. The Hall–Kier alpha value is -2.83. The molecule has 1 N–H and O–H groups in total. The standard InChI is InChI=1S/C22H28O7/c1-15(23)12-19(20(25)13-18(16(2)24)8-10-21(26)27)9-11-22(28)29-14-17-6-4-3-5-7-17/h3-7,18-19H,8-14H2,1-2H3,(H,26,27). The van der Waals surface area contributed by atoms with Gasteiger partial charge in [0.2, 0.25) is 0 Å². The van der Waals surface area contributed by atoms with Crippen LogP contribution in [0.2, 0.25) is 0 Å². The number of ketones is 3. The topological polar surface area (TPSA) is 115 Å². The van der Waals surface area contributed by atoms with Crippen molar-refractivity contribution in [3.05, 3.63) is 35.9 Å². The number of carboxylic acids is 1. The molecule has 0 bridgehead atoms. The van der Waals surface area contributed by atoms with Crippen molar-refractivity contribution in [2.24, 2.45) is 11.8 Å². The van der Waals surface area contributed by atoms with Gasteiger partial charge in [-0.2, -0.15) is 0 Å². The summed E-state index contributed by atoms with van der Waals surface area (Å²) >= 11 is 0. The molecule has 0 heterocycles. The van der Waals surface area contributed by atoms with Crippen LogP contribution in [0.25, 0.3) is 0 Å². The number of Topliss-reactive ketones (excluding diaryl/α,β-unsaturated/α-hetero) is 3. The molecule has 0 amide bonds. The lowest BCUT2D eigenvalue weighted by Gasteiger charge is -2.18. The van der Waals surface area contributed by atoms with Crippen molar-refractivity contribution in [3.8, 4) is 0 Å². The third-order valence-electron chi connectivity index (χ3n) is 4.66. The van der Waals surface area contributed by atoms with Crippen LogP contribution in [0.15, 0.2) is 30.3 Å². The number of aliphatic carboxylic acids is 1. The highest BCUT2D eigenvalue weighted by atomic mass is 16.5. The van der Waals surface area contributed by atoms with Crippen molar-refractivity contribution < 1.29 is 33.8 Å². The lowest BCUT2D eigenvalue weighted by Crippen LogP contribution is -2.24. The average Bonchev–Trinajstić information content (AvgIpc) is 2.66. The first-order chi connectivity index (χ1) is 13.7. The van der Waals surface area contributed by atoms with Crippen molar-refractivity contribution in [2.75, 3.05) is 0 Å². The predicted octanol–water partition coefficient (Wildman–Crippen LogP) is 3.13. The molecule has 0 aliphatic carbocycles. The highest BCUT2D eigenvalue weighted by Crippen LogP contribution is 2.22. The Morgan fingerprint density at radius 3 is 2.07 bits per heavy atom. The van der Waals surface area contributed by atoms with E-state index in [2.05, 4.69) is 0 Å². The molecule has 158 valence electrons. The number of carboxylic acid groups (broad SMARTS) is 1. The van der Waals surface area contributed by atoms with Crippen LogP contribution in [0, 0.1) is 11.8 Å². The number of carbonyl (C=O) groups is 5. The van der Waals surface area contributed by atoms with Crippen LogP contribution in [0.4, 0.5) is 0 Å². The number of ether oxygens (including phenoxy) is 1. The van der Waals surface area contributed by atoms with Crippen molar-refractivity contribution >= 4 is 29.3 Å². The Bertz CT molecular complexity index is 724. The first-order valence-corrected chi connectivity index (χ1v) is 9.63. The molecule has 0 aromatic heterocycles. The van der Waals surface area contributed by atoms with E-state index >= 15 is 0 Å². The molecule has 1 aromatic carbocycles. The highest BCUT2D eigenvalue weighted by molar-refractivity contribution is 5.91. The van der Waals surface area contributed by atoms with Gasteiger partial charge in [0.1, 0.15) is 24.0 Å². The molecule has 0 radical (unpaired) electrons. The summed E-state index contributed by atoms with van der Waals surface area (Å²) in [6.45, 7) is 2.81. The van der Waals surface area contributed by atoms with Crippen molar-refractivity contribution in [2.45, 2.75) is 59.0 Å². The third-order valence-corrected chi connectivity index (χ3v) is 4.66. The van der Waals surface area contributed by atoms with E-state index in [0.717, 1.165) is 5.56 Å². The maximum Gasteiger partial charge on any atom is 0.306 e. The van der Waals surface area contributed by atoms with Crippen LogP contribution in [-0.2, 0) is 35.3 Å². The number of benzene rings is 1. The van der Waals surface area contributed by atoms with E-state index in [1.165, 1.54) is 13.8 Å². The lowest BCUT2D eigenvalue weighted by atomic mass is 9.85. The molecule has 29 heavy (non-hydrogen) atoms. The van der Waals surface area contributed by atoms with E-state index in [0.29, 0.717) is 0 Å². The van der Waals surface area contributed by atoms with Crippen molar-refractivity contribution in [1.29, 1.82) is 0 Å². The number of hydrogen-bond acceptors (Lipinski definition) is 6. The maximum atomic E-state index is 12.6. The summed E-state index contributed by atoms with van der Waals surface area (Å²) in [5.74, 6) is -3.65. The van der Waals surface area contributed by atoms with Crippen molar-refractivity contribution in [1.82, 2.24) is 0 Å². The van der Waals surface area contributed by atoms with Gasteiger partial charge in [-0.25, -0.2) is 0 Å². The number of carbonyl (C=O) groups excluding carboxylic acids is 4. The molecule has 0 saturated heterocycles. The highest BCUT2D eigenvalue weighted by Gasteiger charge is 2.26. The van der Waals surface area contributed by atoms with Gasteiger partial charge >= 0.3 is 11.9 Å². The Kier molecular flexibility index (Phi) is 10.5. The van der Waals surface area contributed by atoms with E-state index in [-0.39, 0.29) is 62.5 Å². The summed E-state index contributed by atoms with van der Waals surface area (Å²) in [6.07, 6.45) is -0.150. The van der Waals surface area contributed by atoms with Crippen LogP contribution in [0.1, 0.15) is 57.9 Å². The fourth-order valence-electron chi connectivity index (χ4n) is 2.98. The zero-order valence-corrected chi connectivity index (χ0v) is 16.9. The molecule has 0 aliphatic rings. The maximum absolute atomic E-state index is 12.6. The monoisotopic (exact) mass is 404 g/mol. The van der Waals surface area contributed by atoms with Gasteiger partial charge in [-0.3, -0.25) is 19.2 Å². The van der Waals surface area contributed by atoms with Gasteiger partial charge in [-0.05, 0) is 32.3 Å². The Labute approximate surface area is 170 Å². The summed E-state index contributed by atoms with van der Waals surface area (Å²) in [5.41, 5.74) is 0.847. The van der Waals surface area contributed by atoms with Crippen LogP contribution >= 0.6 is 0 Å². The Balaban J connectivity index is 2.61. The summed E-state index contributed by atoms with van der Waals surface area (Å²) < 4.78 is 5.19. The molecule has 2 unspecified atom stereocenters. The number of hydrogen-bond donors (Lipinski definition) is 1. The van der Waals surface area contributed by atoms with Crippen molar-refractivity contribution in [3.63, 3.8) is 0 Å². The summed E-state index contributed by atoms with van der Waals surface area (Å²) in [5, 5.41) is 8.79. The first kappa shape index (κ1) is 24.2. The molecule has 7 nitrogen and oxygen atoms in total. The smallest absolute Gasteiger partial charge is 0.306 e. The molecule has 0 saturated carbocycles. The quantitative estimate of drug-likeness (QED) is 0.474. The second-order valence-electron chi connectivity index (χ2n) is 7.20.